The molecule has 1 aromatic rings. The molecule has 0 N–H and O–H groups in total. The Kier molecular flexibility index (Phi) is 4.89. The lowest BCUT2D eigenvalue weighted by Crippen LogP contribution is -2.48. The average Bonchev–Trinajstić information content (AvgIpc) is 2.34. The Morgan fingerprint density at radius 2 is 1.65 bits per heavy atom. The first-order valence-corrected chi connectivity index (χ1v) is 8.60. The van der Waals surface area contributed by atoms with Crippen LogP contribution < -0.4 is 0 Å². The zero-order valence-electron chi connectivity index (χ0n) is 10.9. The van der Waals surface area contributed by atoms with Gasteiger partial charge in [0.25, 0.3) is 0 Å². The van der Waals surface area contributed by atoms with Crippen molar-refractivity contribution in [3.05, 3.63) is 27.2 Å². The lowest BCUT2D eigenvalue weighted by atomic mass is 10.3. The van der Waals surface area contributed by atoms with E-state index in [0.29, 0.717) is 0 Å². The second-order valence-corrected chi connectivity index (χ2v) is 7.82. The van der Waals surface area contributed by atoms with Gasteiger partial charge in [0.2, 0.25) is 10.0 Å². The summed E-state index contributed by atoms with van der Waals surface area (Å²) in [7, 11) is -3.72. The predicted molar refractivity (Wildman–Crippen MR) is 80.2 cm³/mol. The molecule has 1 aliphatic heterocycles. The average molecular weight is 359 g/mol. The van der Waals surface area contributed by atoms with E-state index in [1.165, 1.54) is 16.4 Å². The van der Waals surface area contributed by atoms with Crippen molar-refractivity contribution in [2.45, 2.75) is 31.0 Å². The minimum absolute atomic E-state index is 0.0325. The van der Waals surface area contributed by atoms with Crippen LogP contribution in [0.1, 0.15) is 13.8 Å². The second kappa shape index (κ2) is 5.99. The highest BCUT2D eigenvalue weighted by molar-refractivity contribution is 7.89. The maximum atomic E-state index is 12.6. The number of hydrogen-bond donors (Lipinski definition) is 0. The van der Waals surface area contributed by atoms with Crippen LogP contribution in [0.3, 0.4) is 0 Å². The van der Waals surface area contributed by atoms with Crippen LogP contribution in [0.25, 0.3) is 0 Å². The van der Waals surface area contributed by atoms with E-state index in [1.807, 2.05) is 13.8 Å². The molecule has 2 rings (SSSR count). The van der Waals surface area contributed by atoms with Gasteiger partial charge in [-0.3, -0.25) is 0 Å². The molecule has 1 fully saturated rings. The predicted octanol–water partition coefficient (Wildman–Crippen LogP) is 3.44. The summed E-state index contributed by atoms with van der Waals surface area (Å²) in [6.07, 6.45) is -0.342. The van der Waals surface area contributed by atoms with Gasteiger partial charge in [0.15, 0.2) is 0 Å². The summed E-state index contributed by atoms with van der Waals surface area (Å²) < 4.78 is 32.2. The summed E-state index contributed by atoms with van der Waals surface area (Å²) in [6.45, 7) is 4.22. The van der Waals surface area contributed by atoms with Crippen molar-refractivity contribution in [2.75, 3.05) is 13.1 Å². The molecule has 0 spiro atoms. The molecule has 4 nitrogen and oxygen atoms in total. The van der Waals surface area contributed by atoms with Crippen molar-refractivity contribution in [3.63, 3.8) is 0 Å². The van der Waals surface area contributed by atoms with Gasteiger partial charge in [-0.1, -0.05) is 34.8 Å². The maximum absolute atomic E-state index is 12.6. The fraction of sp³-hybridized carbons (Fsp3) is 0.500. The van der Waals surface area contributed by atoms with Crippen LogP contribution in [0.2, 0.25) is 15.1 Å². The summed E-state index contributed by atoms with van der Waals surface area (Å²) in [5.74, 6) is 0. The van der Waals surface area contributed by atoms with Crippen molar-refractivity contribution >= 4 is 44.8 Å². The molecular weight excluding hydrogens is 345 g/mol. The van der Waals surface area contributed by atoms with Crippen molar-refractivity contribution in [3.8, 4) is 0 Å². The summed E-state index contributed by atoms with van der Waals surface area (Å²) in [4.78, 5) is -0.0325. The summed E-state index contributed by atoms with van der Waals surface area (Å²) >= 11 is 17.8. The number of morpholine rings is 1. The molecule has 1 aliphatic rings. The third kappa shape index (κ3) is 3.08. The zero-order chi connectivity index (χ0) is 15.1. The largest absolute Gasteiger partial charge is 0.373 e. The lowest BCUT2D eigenvalue weighted by molar-refractivity contribution is -0.0440. The number of sulfonamides is 1. The van der Waals surface area contributed by atoms with E-state index in [-0.39, 0.29) is 45.3 Å². The van der Waals surface area contributed by atoms with E-state index < -0.39 is 10.0 Å². The molecule has 0 aromatic heterocycles. The van der Waals surface area contributed by atoms with Gasteiger partial charge in [-0.15, -0.1) is 0 Å². The molecule has 112 valence electrons. The Morgan fingerprint density at radius 1 is 1.10 bits per heavy atom. The molecule has 0 radical (unpaired) electrons. The molecule has 8 heteroatoms. The molecule has 2 atom stereocenters. The smallest absolute Gasteiger partial charge is 0.244 e. The van der Waals surface area contributed by atoms with E-state index >= 15 is 0 Å². The van der Waals surface area contributed by atoms with Gasteiger partial charge in [0, 0.05) is 13.1 Å². The molecule has 0 aliphatic carbocycles. The molecule has 0 bridgehead atoms. The van der Waals surface area contributed by atoms with Crippen molar-refractivity contribution < 1.29 is 13.2 Å². The first-order chi connectivity index (χ1) is 9.23. The van der Waals surface area contributed by atoms with Crippen LogP contribution in [-0.2, 0) is 14.8 Å². The minimum atomic E-state index is -3.72. The van der Waals surface area contributed by atoms with E-state index in [4.69, 9.17) is 39.5 Å². The topological polar surface area (TPSA) is 46.6 Å². The Labute approximate surface area is 133 Å². The van der Waals surface area contributed by atoms with Crippen LogP contribution in [0, 0.1) is 0 Å². The number of ether oxygens (including phenoxy) is 1. The fourth-order valence-corrected chi connectivity index (χ4v) is 4.72. The molecule has 1 saturated heterocycles. The number of benzene rings is 1. The quantitative estimate of drug-likeness (QED) is 0.761. The van der Waals surface area contributed by atoms with Gasteiger partial charge >= 0.3 is 0 Å². The summed E-state index contributed by atoms with van der Waals surface area (Å²) in [5.41, 5.74) is 0. The summed E-state index contributed by atoms with van der Waals surface area (Å²) in [5, 5.41) is 0.217. The van der Waals surface area contributed by atoms with Crippen LogP contribution in [-0.4, -0.2) is 38.0 Å². The number of nitrogens with zero attached hydrogens (tertiary/aromatic N) is 1. The normalized spacial score (nSPS) is 24.9. The molecule has 0 amide bonds. The third-order valence-electron chi connectivity index (χ3n) is 3.00. The Hall–Kier alpha value is -0.0400. The summed E-state index contributed by atoms with van der Waals surface area (Å²) in [6, 6.07) is 2.80. The number of hydrogen-bond acceptors (Lipinski definition) is 3. The van der Waals surface area contributed by atoms with E-state index in [1.54, 1.807) is 0 Å². The van der Waals surface area contributed by atoms with Gasteiger partial charge in [0.05, 0.1) is 27.3 Å². The standard InChI is InChI=1S/C12H14Cl3NO3S/c1-7-5-16(6-8(2)19-7)20(17,18)10-4-3-9(13)11(14)12(10)15/h3-4,7-8H,5-6H2,1-2H3/t7-,8-/m0/s1. The molecule has 20 heavy (non-hydrogen) atoms. The van der Waals surface area contributed by atoms with Crippen LogP contribution in [0.15, 0.2) is 17.0 Å². The van der Waals surface area contributed by atoms with Gasteiger partial charge in [-0.2, -0.15) is 4.31 Å². The third-order valence-corrected chi connectivity index (χ3v) is 6.28. The van der Waals surface area contributed by atoms with E-state index in [9.17, 15) is 8.42 Å². The van der Waals surface area contributed by atoms with Crippen molar-refractivity contribution in [2.24, 2.45) is 0 Å². The Morgan fingerprint density at radius 3 is 2.20 bits per heavy atom. The first-order valence-electron chi connectivity index (χ1n) is 6.02. The first kappa shape index (κ1) is 16.3. The highest BCUT2D eigenvalue weighted by Crippen LogP contribution is 2.36. The van der Waals surface area contributed by atoms with Gasteiger partial charge in [-0.25, -0.2) is 8.42 Å². The van der Waals surface area contributed by atoms with Crippen LogP contribution in [0.5, 0.6) is 0 Å². The second-order valence-electron chi connectivity index (χ2n) is 4.75. The van der Waals surface area contributed by atoms with E-state index in [2.05, 4.69) is 0 Å². The number of halogens is 3. The van der Waals surface area contributed by atoms with Gasteiger partial charge in [0.1, 0.15) is 4.90 Å². The molecule has 1 heterocycles. The van der Waals surface area contributed by atoms with Crippen molar-refractivity contribution in [1.82, 2.24) is 4.31 Å². The minimum Gasteiger partial charge on any atom is -0.373 e. The van der Waals surface area contributed by atoms with Crippen LogP contribution >= 0.6 is 34.8 Å². The molecule has 1 aromatic carbocycles. The van der Waals surface area contributed by atoms with Gasteiger partial charge in [-0.05, 0) is 26.0 Å². The highest BCUT2D eigenvalue weighted by atomic mass is 35.5. The molecule has 0 saturated carbocycles. The maximum Gasteiger partial charge on any atom is 0.244 e. The molecule has 0 unspecified atom stereocenters. The van der Waals surface area contributed by atoms with Crippen LogP contribution in [0.4, 0.5) is 0 Å². The Bertz CT molecular complexity index is 611. The van der Waals surface area contributed by atoms with Gasteiger partial charge < -0.3 is 4.74 Å². The number of rotatable bonds is 2. The zero-order valence-corrected chi connectivity index (χ0v) is 14.0. The SMILES string of the molecule is C[C@H]1CN(S(=O)(=O)c2ccc(Cl)c(Cl)c2Cl)C[C@H](C)O1. The Balaban J connectivity index is 2.43. The van der Waals surface area contributed by atoms with E-state index in [0.717, 1.165) is 0 Å². The van der Waals surface area contributed by atoms with Crippen molar-refractivity contribution in [1.29, 1.82) is 0 Å². The fourth-order valence-electron chi connectivity index (χ4n) is 2.17. The lowest BCUT2D eigenvalue weighted by Gasteiger charge is -2.34. The molecular formula is C12H14Cl3NO3S. The monoisotopic (exact) mass is 357 g/mol. The highest BCUT2D eigenvalue weighted by Gasteiger charge is 2.34.